The minimum atomic E-state index is -4.24. The summed E-state index contributed by atoms with van der Waals surface area (Å²) in [5.74, 6) is -0.0321. The summed E-state index contributed by atoms with van der Waals surface area (Å²) in [4.78, 5) is 24.6. The van der Waals surface area contributed by atoms with Crippen molar-refractivity contribution in [3.05, 3.63) is 43.0 Å². The monoisotopic (exact) mass is 552 g/mol. The van der Waals surface area contributed by atoms with Crippen LogP contribution in [-0.2, 0) is 23.4 Å². The number of hydrogen-bond donors (Lipinski definition) is 3. The molecule has 1 fully saturated rings. The second-order valence-corrected chi connectivity index (χ2v) is 10.4. The van der Waals surface area contributed by atoms with Crippen molar-refractivity contribution in [3.8, 4) is 5.75 Å². The first-order valence-corrected chi connectivity index (χ1v) is 13.4. The van der Waals surface area contributed by atoms with Crippen molar-refractivity contribution < 1.29 is 37.4 Å². The van der Waals surface area contributed by atoms with Gasteiger partial charge in [0, 0.05) is 7.05 Å². The number of para-hydroxylation sites is 1. The van der Waals surface area contributed by atoms with E-state index < -0.39 is 50.5 Å². The van der Waals surface area contributed by atoms with Crippen LogP contribution in [0.4, 0.5) is 10.2 Å². The van der Waals surface area contributed by atoms with E-state index in [-0.39, 0.29) is 18.0 Å². The fourth-order valence-electron chi connectivity index (χ4n) is 4.00. The Kier molecular flexibility index (Phi) is 8.28. The molecule has 1 aliphatic rings. The zero-order valence-corrected chi connectivity index (χ0v) is 22.2. The Bertz CT molecular complexity index is 1310. The Morgan fingerprint density at radius 3 is 2.74 bits per heavy atom. The number of hydrogen-bond acceptors (Lipinski definition) is 11. The van der Waals surface area contributed by atoms with Crippen molar-refractivity contribution >= 4 is 30.7 Å². The predicted molar refractivity (Wildman–Crippen MR) is 134 cm³/mol. The lowest BCUT2D eigenvalue weighted by Crippen LogP contribution is -2.41. The molecule has 13 nitrogen and oxygen atoms in total. The summed E-state index contributed by atoms with van der Waals surface area (Å²) < 4.78 is 52.8. The second kappa shape index (κ2) is 11.3. The highest BCUT2D eigenvalue weighted by molar-refractivity contribution is 7.52. The molecule has 206 valence electrons. The molecule has 3 N–H and O–H groups in total. The zero-order chi connectivity index (χ0) is 27.5. The Morgan fingerprint density at radius 1 is 1.32 bits per heavy atom. The molecular weight excluding hydrogens is 522 g/mol. The molecule has 0 amide bonds. The van der Waals surface area contributed by atoms with Crippen molar-refractivity contribution in [3.63, 3.8) is 0 Å². The smallest absolute Gasteiger partial charge is 0.459 e. The number of aromatic nitrogens is 4. The summed E-state index contributed by atoms with van der Waals surface area (Å²) in [6, 6.07) is 7.10. The zero-order valence-electron chi connectivity index (χ0n) is 21.3. The molecule has 1 aliphatic heterocycles. The van der Waals surface area contributed by atoms with Gasteiger partial charge in [0.1, 0.15) is 35.8 Å². The molecule has 38 heavy (non-hydrogen) atoms. The van der Waals surface area contributed by atoms with Crippen LogP contribution in [0.3, 0.4) is 0 Å². The number of nitrogens with zero attached hydrogens (tertiary/aromatic N) is 4. The van der Waals surface area contributed by atoms with E-state index in [0.29, 0.717) is 11.3 Å². The summed E-state index contributed by atoms with van der Waals surface area (Å²) in [5, 5.41) is 16.2. The average Bonchev–Trinajstić information content (AvgIpc) is 3.41. The van der Waals surface area contributed by atoms with Gasteiger partial charge in [-0.05, 0) is 32.9 Å². The summed E-state index contributed by atoms with van der Waals surface area (Å²) in [7, 11) is -2.58. The lowest BCUT2D eigenvalue weighted by Gasteiger charge is -2.25. The Hall–Kier alpha value is -3.16. The minimum absolute atomic E-state index is 0.123. The molecule has 4 rings (SSSR count). The lowest BCUT2D eigenvalue weighted by atomic mass is 9.98. The number of imidazole rings is 1. The first kappa shape index (κ1) is 27.9. The number of anilines is 1. The van der Waals surface area contributed by atoms with Gasteiger partial charge in [-0.25, -0.2) is 23.9 Å². The number of fused-ring (bicyclic) bond motifs is 1. The first-order chi connectivity index (χ1) is 18.1. The molecule has 0 bridgehead atoms. The van der Waals surface area contributed by atoms with Crippen LogP contribution in [0.25, 0.3) is 11.2 Å². The third-order valence-electron chi connectivity index (χ3n) is 5.93. The molecule has 3 aromatic rings. The molecule has 2 aromatic heterocycles. The highest BCUT2D eigenvalue weighted by Gasteiger charge is 2.56. The van der Waals surface area contributed by atoms with Crippen LogP contribution >= 0.6 is 7.75 Å². The van der Waals surface area contributed by atoms with Crippen molar-refractivity contribution in [2.45, 2.75) is 50.9 Å². The third-order valence-corrected chi connectivity index (χ3v) is 7.58. The number of aliphatic hydroxyl groups is 1. The number of esters is 1. The van der Waals surface area contributed by atoms with Crippen molar-refractivity contribution in [1.29, 1.82) is 0 Å². The van der Waals surface area contributed by atoms with E-state index in [0.717, 1.165) is 0 Å². The van der Waals surface area contributed by atoms with Gasteiger partial charge in [0.05, 0.1) is 19.5 Å². The molecule has 15 heteroatoms. The van der Waals surface area contributed by atoms with Crippen molar-refractivity contribution in [2.75, 3.05) is 25.6 Å². The fraction of sp³-hybridized carbons (Fsp3) is 0.478. The van der Waals surface area contributed by atoms with Gasteiger partial charge in [0.2, 0.25) is 0 Å². The number of rotatable bonds is 11. The van der Waals surface area contributed by atoms with E-state index in [1.54, 1.807) is 44.3 Å². The molecule has 0 aliphatic carbocycles. The molecule has 0 spiro atoms. The van der Waals surface area contributed by atoms with E-state index >= 15 is 4.39 Å². The molecule has 6 atom stereocenters. The fourth-order valence-corrected chi connectivity index (χ4v) is 5.50. The van der Waals surface area contributed by atoms with Crippen LogP contribution < -0.4 is 14.9 Å². The van der Waals surface area contributed by atoms with Gasteiger partial charge in [0.15, 0.2) is 23.4 Å². The van der Waals surface area contributed by atoms with E-state index in [4.69, 9.17) is 18.5 Å². The van der Waals surface area contributed by atoms with E-state index in [2.05, 4.69) is 25.4 Å². The maximum absolute atomic E-state index is 15.8. The SMILES string of the molecule is CCOC(=O)[C@H](C)NP(=O)(OC[C@H]1O[C@@H](n2cnc3c(NC)ncnc32)[C@](C)(F)[C@@H]1O)Oc1ccccc1. The van der Waals surface area contributed by atoms with Crippen molar-refractivity contribution in [2.24, 2.45) is 0 Å². The van der Waals surface area contributed by atoms with Gasteiger partial charge in [0.25, 0.3) is 0 Å². The van der Waals surface area contributed by atoms with Gasteiger partial charge in [-0.15, -0.1) is 0 Å². The number of alkyl halides is 1. The standard InChI is InChI=1S/C23H30FN6O7P/c1-5-34-21(32)14(2)29-38(33,37-15-9-7-6-8-10-15)35-11-16-18(31)23(3,24)22(36-16)30-13-28-17-19(25-4)26-12-27-20(17)30/h6-10,12-14,16,18,22,31H,5,11H2,1-4H3,(H,29,33)(H,25,26,27)/t14-,16+,18+,22+,23+,38?/m0/s1. The maximum atomic E-state index is 15.8. The third kappa shape index (κ3) is 5.64. The van der Waals surface area contributed by atoms with Crippen LogP contribution in [-0.4, -0.2) is 74.8 Å². The summed E-state index contributed by atoms with van der Waals surface area (Å²) in [6.45, 7) is 3.84. The van der Waals surface area contributed by atoms with Crippen LogP contribution in [0.1, 0.15) is 27.0 Å². The molecule has 3 heterocycles. The quantitative estimate of drug-likeness (QED) is 0.236. The minimum Gasteiger partial charge on any atom is -0.465 e. The Labute approximate surface area is 218 Å². The number of benzene rings is 1. The topological polar surface area (TPSA) is 159 Å². The van der Waals surface area contributed by atoms with Gasteiger partial charge in [-0.3, -0.25) is 13.9 Å². The molecule has 0 radical (unpaired) electrons. The number of carbonyl (C=O) groups excluding carboxylic acids is 1. The molecule has 1 aromatic carbocycles. The number of ether oxygens (including phenoxy) is 2. The van der Waals surface area contributed by atoms with E-state index in [1.165, 1.54) is 31.1 Å². The predicted octanol–water partition coefficient (Wildman–Crippen LogP) is 2.60. The van der Waals surface area contributed by atoms with Crippen molar-refractivity contribution in [1.82, 2.24) is 24.6 Å². The highest BCUT2D eigenvalue weighted by Crippen LogP contribution is 2.48. The van der Waals surface area contributed by atoms with Gasteiger partial charge in [-0.2, -0.15) is 5.09 Å². The Balaban J connectivity index is 1.55. The molecule has 0 saturated carbocycles. The molecular formula is C23H30FN6O7P. The number of carbonyl (C=O) groups is 1. The van der Waals surface area contributed by atoms with E-state index in [9.17, 15) is 14.5 Å². The van der Waals surface area contributed by atoms with Crippen LogP contribution in [0.5, 0.6) is 5.75 Å². The van der Waals surface area contributed by atoms with Gasteiger partial charge in [-0.1, -0.05) is 18.2 Å². The van der Waals surface area contributed by atoms with E-state index in [1.807, 2.05) is 0 Å². The van der Waals surface area contributed by atoms with Gasteiger partial charge >= 0.3 is 13.7 Å². The first-order valence-electron chi connectivity index (χ1n) is 11.9. The number of nitrogens with one attached hydrogen (secondary N) is 2. The number of aliphatic hydroxyl groups excluding tert-OH is 1. The Morgan fingerprint density at radius 2 is 2.05 bits per heavy atom. The van der Waals surface area contributed by atoms with Crippen LogP contribution in [0.15, 0.2) is 43.0 Å². The summed E-state index contributed by atoms with van der Waals surface area (Å²) >= 11 is 0. The number of halogens is 1. The maximum Gasteiger partial charge on any atom is 0.459 e. The van der Waals surface area contributed by atoms with Crippen LogP contribution in [0.2, 0.25) is 0 Å². The second-order valence-electron chi connectivity index (χ2n) is 8.72. The highest BCUT2D eigenvalue weighted by atomic mass is 31.2. The molecule has 1 unspecified atom stereocenters. The summed E-state index contributed by atoms with van der Waals surface area (Å²) in [5.41, 5.74) is -1.63. The van der Waals surface area contributed by atoms with Gasteiger partial charge < -0.3 is 24.4 Å². The van der Waals surface area contributed by atoms with Crippen LogP contribution in [0, 0.1) is 0 Å². The average molecular weight is 553 g/mol. The summed E-state index contributed by atoms with van der Waals surface area (Å²) in [6.07, 6.45) is -1.64. The largest absolute Gasteiger partial charge is 0.465 e. The lowest BCUT2D eigenvalue weighted by molar-refractivity contribution is -0.144. The normalized spacial score (nSPS) is 25.6. The molecule has 1 saturated heterocycles.